The van der Waals surface area contributed by atoms with Crippen molar-refractivity contribution in [3.63, 3.8) is 0 Å². The summed E-state index contributed by atoms with van der Waals surface area (Å²) >= 11 is 0. The van der Waals surface area contributed by atoms with Crippen molar-refractivity contribution in [1.29, 1.82) is 0 Å². The molecule has 30 heavy (non-hydrogen) atoms. The third-order valence-electron chi connectivity index (χ3n) is 4.77. The number of para-hydroxylation sites is 2. The molecule has 7 heteroatoms. The minimum atomic E-state index is -0.208. The van der Waals surface area contributed by atoms with Crippen LogP contribution in [-0.4, -0.2) is 26.0 Å². The summed E-state index contributed by atoms with van der Waals surface area (Å²) in [6.07, 6.45) is 3.77. The maximum Gasteiger partial charge on any atom is 0.272 e. The van der Waals surface area contributed by atoms with E-state index in [0.717, 1.165) is 22.0 Å². The molecule has 2 aromatic carbocycles. The number of anilines is 1. The molecular weight excluding hydrogens is 378 g/mol. The van der Waals surface area contributed by atoms with Gasteiger partial charge in [-0.3, -0.25) is 9.78 Å². The second kappa shape index (κ2) is 7.63. The molecular formula is C23H17N5O2. The molecule has 5 aromatic rings. The van der Waals surface area contributed by atoms with E-state index < -0.39 is 0 Å². The number of pyridine rings is 1. The molecule has 146 valence electrons. The van der Waals surface area contributed by atoms with Crippen LogP contribution in [0.25, 0.3) is 22.3 Å². The summed E-state index contributed by atoms with van der Waals surface area (Å²) < 4.78 is 5.40. The van der Waals surface area contributed by atoms with Gasteiger partial charge in [-0.25, -0.2) is 0 Å². The highest BCUT2D eigenvalue weighted by molar-refractivity contribution is 6.06. The zero-order chi connectivity index (χ0) is 20.3. The van der Waals surface area contributed by atoms with Gasteiger partial charge in [-0.15, -0.1) is 0 Å². The van der Waals surface area contributed by atoms with Crippen LogP contribution < -0.4 is 5.32 Å². The van der Waals surface area contributed by atoms with Gasteiger partial charge in [-0.1, -0.05) is 41.6 Å². The monoisotopic (exact) mass is 395 g/mol. The number of hydrogen-bond donors (Lipinski definition) is 2. The number of carbonyl (C=O) groups excluding carboxylic acids is 1. The van der Waals surface area contributed by atoms with Crippen LogP contribution in [0.3, 0.4) is 0 Å². The van der Waals surface area contributed by atoms with Crippen molar-refractivity contribution in [3.05, 3.63) is 96.3 Å². The van der Waals surface area contributed by atoms with E-state index in [-0.39, 0.29) is 5.91 Å². The molecule has 0 saturated carbocycles. The van der Waals surface area contributed by atoms with E-state index in [9.17, 15) is 4.79 Å². The highest BCUT2D eigenvalue weighted by Gasteiger charge is 2.14. The summed E-state index contributed by atoms with van der Waals surface area (Å²) in [6.45, 7) is 0. The predicted molar refractivity (Wildman–Crippen MR) is 113 cm³/mol. The number of benzene rings is 2. The van der Waals surface area contributed by atoms with Crippen LogP contribution in [0, 0.1) is 0 Å². The number of amides is 1. The summed E-state index contributed by atoms with van der Waals surface area (Å²) in [5, 5.41) is 7.99. The molecule has 0 aliphatic carbocycles. The number of nitrogens with one attached hydrogen (secondary N) is 2. The lowest BCUT2D eigenvalue weighted by Crippen LogP contribution is -2.13. The molecule has 0 spiro atoms. The molecule has 1 amide bonds. The summed E-state index contributed by atoms with van der Waals surface area (Å²) in [5.41, 5.74) is 3.78. The van der Waals surface area contributed by atoms with E-state index in [1.54, 1.807) is 12.4 Å². The maximum atomic E-state index is 12.8. The van der Waals surface area contributed by atoms with Crippen LogP contribution in [0.1, 0.15) is 21.9 Å². The molecule has 0 radical (unpaired) electrons. The second-order valence-electron chi connectivity index (χ2n) is 6.81. The first-order valence-electron chi connectivity index (χ1n) is 9.46. The van der Waals surface area contributed by atoms with E-state index in [0.29, 0.717) is 29.5 Å². The fraction of sp³-hybridized carbons (Fsp3) is 0.0435. The number of rotatable bonds is 5. The van der Waals surface area contributed by atoms with Crippen molar-refractivity contribution in [2.24, 2.45) is 0 Å². The van der Waals surface area contributed by atoms with Gasteiger partial charge in [0.25, 0.3) is 5.91 Å². The number of carbonyl (C=O) groups is 1. The Bertz CT molecular complexity index is 1290. The Labute approximate surface area is 171 Å². The van der Waals surface area contributed by atoms with Gasteiger partial charge in [0.05, 0.1) is 6.42 Å². The Balaban J connectivity index is 1.37. The largest absolute Gasteiger partial charge is 0.351 e. The number of aromatic amines is 1. The van der Waals surface area contributed by atoms with Crippen LogP contribution in [0.4, 0.5) is 5.69 Å². The summed E-state index contributed by atoms with van der Waals surface area (Å²) in [7, 11) is 0. The van der Waals surface area contributed by atoms with Crippen molar-refractivity contribution in [3.8, 4) is 11.4 Å². The molecule has 3 heterocycles. The van der Waals surface area contributed by atoms with E-state index in [1.165, 1.54) is 0 Å². The maximum absolute atomic E-state index is 12.8. The van der Waals surface area contributed by atoms with Crippen molar-refractivity contribution >= 4 is 22.5 Å². The van der Waals surface area contributed by atoms with E-state index in [1.807, 2.05) is 66.7 Å². The summed E-state index contributed by atoms with van der Waals surface area (Å²) in [4.78, 5) is 24.4. The topological polar surface area (TPSA) is 96.7 Å². The third-order valence-corrected chi connectivity index (χ3v) is 4.77. The second-order valence-corrected chi connectivity index (χ2v) is 6.81. The van der Waals surface area contributed by atoms with Gasteiger partial charge in [0.15, 0.2) is 0 Å². The Morgan fingerprint density at radius 3 is 2.77 bits per heavy atom. The lowest BCUT2D eigenvalue weighted by molar-refractivity contribution is 0.102. The first kappa shape index (κ1) is 17.8. The molecule has 0 aliphatic heterocycles. The quantitative estimate of drug-likeness (QED) is 0.458. The lowest BCUT2D eigenvalue weighted by Gasteiger charge is -2.09. The van der Waals surface area contributed by atoms with Crippen molar-refractivity contribution < 1.29 is 9.32 Å². The van der Waals surface area contributed by atoms with Crippen molar-refractivity contribution in [2.75, 3.05) is 5.32 Å². The molecule has 0 bridgehead atoms. The standard InChI is InChI=1S/C23H17N5O2/c29-23(20-12-15-6-1-3-9-18(15)25-20)26-19-10-4-2-7-16(19)13-21-27-22(28-30-21)17-8-5-11-24-14-17/h1-12,14,25H,13H2,(H,26,29). The van der Waals surface area contributed by atoms with Crippen LogP contribution >= 0.6 is 0 Å². The Kier molecular flexibility index (Phi) is 4.53. The number of H-pyrrole nitrogens is 1. The van der Waals surface area contributed by atoms with Gasteiger partial charge in [-0.05, 0) is 35.9 Å². The van der Waals surface area contributed by atoms with E-state index in [4.69, 9.17) is 4.52 Å². The highest BCUT2D eigenvalue weighted by Crippen LogP contribution is 2.22. The molecule has 0 aliphatic rings. The first-order chi connectivity index (χ1) is 14.8. The van der Waals surface area contributed by atoms with E-state index >= 15 is 0 Å². The Morgan fingerprint density at radius 1 is 1.03 bits per heavy atom. The van der Waals surface area contributed by atoms with Crippen molar-refractivity contribution in [1.82, 2.24) is 20.1 Å². The van der Waals surface area contributed by atoms with E-state index in [2.05, 4.69) is 25.4 Å². The van der Waals surface area contributed by atoms with Gasteiger partial charge < -0.3 is 14.8 Å². The summed E-state index contributed by atoms with van der Waals surface area (Å²) in [5.74, 6) is 0.735. The SMILES string of the molecule is O=C(Nc1ccccc1Cc1nc(-c2cccnc2)no1)c1cc2ccccc2[nH]1. The first-order valence-corrected chi connectivity index (χ1v) is 9.46. The predicted octanol–water partition coefficient (Wildman–Crippen LogP) is 4.46. The van der Waals surface area contributed by atoms with Crippen molar-refractivity contribution in [2.45, 2.75) is 6.42 Å². The van der Waals surface area contributed by atoms with Crippen LogP contribution in [0.2, 0.25) is 0 Å². The third kappa shape index (κ3) is 3.56. The number of aromatic nitrogens is 4. The normalized spacial score (nSPS) is 10.9. The number of nitrogens with zero attached hydrogens (tertiary/aromatic N) is 3. The zero-order valence-corrected chi connectivity index (χ0v) is 15.9. The Morgan fingerprint density at radius 2 is 1.90 bits per heavy atom. The van der Waals surface area contributed by atoms with Crippen LogP contribution in [0.5, 0.6) is 0 Å². The van der Waals surface area contributed by atoms with Gasteiger partial charge >= 0.3 is 0 Å². The van der Waals surface area contributed by atoms with Gasteiger partial charge in [0, 0.05) is 34.5 Å². The minimum Gasteiger partial charge on any atom is -0.351 e. The molecule has 0 unspecified atom stereocenters. The number of hydrogen-bond acceptors (Lipinski definition) is 5. The molecule has 0 saturated heterocycles. The van der Waals surface area contributed by atoms with Gasteiger partial charge in [0.2, 0.25) is 11.7 Å². The zero-order valence-electron chi connectivity index (χ0n) is 15.9. The summed E-state index contributed by atoms with van der Waals surface area (Å²) in [6, 6.07) is 20.9. The molecule has 2 N–H and O–H groups in total. The molecule has 0 fully saturated rings. The Hall–Kier alpha value is -4.26. The lowest BCUT2D eigenvalue weighted by atomic mass is 10.1. The van der Waals surface area contributed by atoms with Gasteiger partial charge in [-0.2, -0.15) is 4.98 Å². The average Bonchev–Trinajstić information content (AvgIpc) is 3.43. The van der Waals surface area contributed by atoms with Crippen LogP contribution in [0.15, 0.2) is 83.6 Å². The molecule has 7 nitrogen and oxygen atoms in total. The average molecular weight is 395 g/mol. The number of fused-ring (bicyclic) bond motifs is 1. The molecule has 3 aromatic heterocycles. The molecule has 0 atom stereocenters. The molecule has 5 rings (SSSR count). The van der Waals surface area contributed by atoms with Crippen LogP contribution in [-0.2, 0) is 6.42 Å². The fourth-order valence-electron chi connectivity index (χ4n) is 3.28. The van der Waals surface area contributed by atoms with Gasteiger partial charge in [0.1, 0.15) is 5.69 Å². The smallest absolute Gasteiger partial charge is 0.272 e. The minimum absolute atomic E-state index is 0.208. The highest BCUT2D eigenvalue weighted by atomic mass is 16.5. The fourth-order valence-corrected chi connectivity index (χ4v) is 3.28.